The summed E-state index contributed by atoms with van der Waals surface area (Å²) in [5.74, 6) is 1.84. The summed E-state index contributed by atoms with van der Waals surface area (Å²) in [6.07, 6.45) is 3.82. The Labute approximate surface area is 145 Å². The molecule has 1 aliphatic heterocycles. The van der Waals surface area contributed by atoms with Crippen LogP contribution in [-0.2, 0) is 0 Å². The van der Waals surface area contributed by atoms with Crippen LogP contribution in [0.1, 0.15) is 30.9 Å². The number of halogens is 2. The Kier molecular flexibility index (Phi) is 7.77. The van der Waals surface area contributed by atoms with Crippen LogP contribution in [0.25, 0.3) is 0 Å². The molecular weight excluding hydrogens is 323 g/mol. The van der Waals surface area contributed by atoms with E-state index in [4.69, 9.17) is 4.74 Å². The lowest BCUT2D eigenvalue weighted by molar-refractivity contribution is 0.0800. The van der Waals surface area contributed by atoms with E-state index in [2.05, 4.69) is 10.2 Å². The maximum atomic E-state index is 10.4. The lowest BCUT2D eigenvalue weighted by Crippen LogP contribution is -2.47. The molecule has 2 N–H and O–H groups in total. The third-order valence-corrected chi connectivity index (χ3v) is 4.70. The molecule has 1 atom stereocenters. The van der Waals surface area contributed by atoms with Gasteiger partial charge in [0.15, 0.2) is 0 Å². The van der Waals surface area contributed by atoms with Gasteiger partial charge in [-0.05, 0) is 30.9 Å². The molecule has 1 saturated heterocycles. The molecule has 1 saturated carbocycles. The van der Waals surface area contributed by atoms with Gasteiger partial charge in [0, 0.05) is 32.2 Å². The molecular formula is C16H26Cl2N2O2. The third kappa shape index (κ3) is 3.80. The summed E-state index contributed by atoms with van der Waals surface area (Å²) in [5, 5.41) is 13.8. The van der Waals surface area contributed by atoms with Crippen molar-refractivity contribution in [3.05, 3.63) is 23.8 Å². The molecule has 0 aromatic heterocycles. The van der Waals surface area contributed by atoms with Gasteiger partial charge in [-0.3, -0.25) is 4.90 Å². The number of piperazine rings is 1. The molecule has 1 aromatic rings. The number of hydrogen-bond acceptors (Lipinski definition) is 4. The van der Waals surface area contributed by atoms with Gasteiger partial charge in [0.2, 0.25) is 0 Å². The van der Waals surface area contributed by atoms with Crippen molar-refractivity contribution in [1.82, 2.24) is 10.2 Å². The molecule has 0 unspecified atom stereocenters. The van der Waals surface area contributed by atoms with Crippen LogP contribution in [-0.4, -0.2) is 43.3 Å². The zero-order chi connectivity index (χ0) is 13.9. The summed E-state index contributed by atoms with van der Waals surface area (Å²) in [4.78, 5) is 2.51. The first-order valence-corrected chi connectivity index (χ1v) is 7.62. The van der Waals surface area contributed by atoms with Gasteiger partial charge in [-0.25, -0.2) is 0 Å². The van der Waals surface area contributed by atoms with E-state index in [1.807, 2.05) is 12.1 Å². The van der Waals surface area contributed by atoms with Crippen LogP contribution < -0.4 is 10.1 Å². The van der Waals surface area contributed by atoms with Crippen molar-refractivity contribution in [3.8, 4) is 11.5 Å². The average molecular weight is 349 g/mol. The molecule has 1 heterocycles. The quantitative estimate of drug-likeness (QED) is 0.877. The fraction of sp³-hybridized carbons (Fsp3) is 0.625. The summed E-state index contributed by atoms with van der Waals surface area (Å²) in [6, 6.07) is 5.89. The largest absolute Gasteiger partial charge is 0.507 e. The first-order valence-electron chi connectivity index (χ1n) is 7.62. The van der Waals surface area contributed by atoms with Gasteiger partial charge in [-0.1, -0.05) is 12.5 Å². The number of nitrogens with zero attached hydrogens (tertiary/aromatic N) is 1. The monoisotopic (exact) mass is 348 g/mol. The van der Waals surface area contributed by atoms with E-state index in [1.54, 1.807) is 13.2 Å². The Bertz CT molecular complexity index is 463. The second-order valence-corrected chi connectivity index (χ2v) is 5.81. The normalized spacial score (nSPS) is 20.2. The van der Waals surface area contributed by atoms with Crippen molar-refractivity contribution in [2.45, 2.75) is 25.3 Å². The number of methoxy groups -OCH3 is 1. The second kappa shape index (κ2) is 8.82. The molecule has 1 aromatic carbocycles. The van der Waals surface area contributed by atoms with Gasteiger partial charge in [0.05, 0.1) is 12.7 Å². The fourth-order valence-corrected chi connectivity index (χ4v) is 3.44. The molecule has 4 nitrogen and oxygen atoms in total. The Morgan fingerprint density at radius 2 is 1.91 bits per heavy atom. The van der Waals surface area contributed by atoms with Gasteiger partial charge < -0.3 is 15.2 Å². The Hall–Kier alpha value is -0.680. The highest BCUT2D eigenvalue weighted by molar-refractivity contribution is 5.85. The molecule has 1 aliphatic carbocycles. The SMILES string of the molecule is COc1cccc(O)c1[C@@H](C1CCC1)N1CCNCC1.Cl.Cl. The van der Waals surface area contributed by atoms with Gasteiger partial charge in [-0.2, -0.15) is 0 Å². The first-order chi connectivity index (χ1) is 9.81. The van der Waals surface area contributed by atoms with E-state index in [0.29, 0.717) is 17.7 Å². The maximum Gasteiger partial charge on any atom is 0.127 e. The standard InChI is InChI=1S/C16H24N2O2.2ClH/c1-20-14-7-3-6-13(19)15(14)16(12-4-2-5-12)18-10-8-17-9-11-18;;/h3,6-7,12,16-17,19H,2,4-5,8-11H2,1H3;2*1H/t16-;;/m1../s1. The van der Waals surface area contributed by atoms with E-state index in [0.717, 1.165) is 37.5 Å². The molecule has 0 radical (unpaired) electrons. The zero-order valence-electron chi connectivity index (χ0n) is 13.0. The van der Waals surface area contributed by atoms with Crippen molar-refractivity contribution >= 4 is 24.8 Å². The molecule has 6 heteroatoms. The number of rotatable bonds is 4. The smallest absolute Gasteiger partial charge is 0.127 e. The van der Waals surface area contributed by atoms with Gasteiger partial charge in [-0.15, -0.1) is 24.8 Å². The van der Waals surface area contributed by atoms with Crippen LogP contribution in [0.5, 0.6) is 11.5 Å². The molecule has 0 bridgehead atoms. The predicted octanol–water partition coefficient (Wildman–Crippen LogP) is 2.99. The predicted molar refractivity (Wildman–Crippen MR) is 93.7 cm³/mol. The average Bonchev–Trinajstić information content (AvgIpc) is 2.44. The van der Waals surface area contributed by atoms with Crippen LogP contribution in [0.2, 0.25) is 0 Å². The van der Waals surface area contributed by atoms with E-state index in [9.17, 15) is 5.11 Å². The number of benzene rings is 1. The van der Waals surface area contributed by atoms with Crippen molar-refractivity contribution in [3.63, 3.8) is 0 Å². The minimum Gasteiger partial charge on any atom is -0.507 e. The number of phenols is 1. The first kappa shape index (κ1) is 19.4. The van der Waals surface area contributed by atoms with Crippen molar-refractivity contribution in [2.75, 3.05) is 33.3 Å². The van der Waals surface area contributed by atoms with Gasteiger partial charge >= 0.3 is 0 Å². The van der Waals surface area contributed by atoms with Crippen molar-refractivity contribution in [1.29, 1.82) is 0 Å². The minimum atomic E-state index is 0. The second-order valence-electron chi connectivity index (χ2n) is 5.81. The molecule has 126 valence electrons. The molecule has 2 aliphatic rings. The molecule has 3 rings (SSSR count). The van der Waals surface area contributed by atoms with Crippen LogP contribution in [0, 0.1) is 5.92 Å². The lowest BCUT2D eigenvalue weighted by Gasteiger charge is -2.43. The molecule has 0 amide bonds. The number of phenolic OH excluding ortho intramolecular Hbond substituents is 1. The number of hydrogen-bond donors (Lipinski definition) is 2. The molecule has 2 fully saturated rings. The van der Waals surface area contributed by atoms with E-state index < -0.39 is 0 Å². The Balaban J connectivity index is 0.00000121. The van der Waals surface area contributed by atoms with Crippen LogP contribution in [0.15, 0.2) is 18.2 Å². The van der Waals surface area contributed by atoms with Crippen molar-refractivity contribution in [2.24, 2.45) is 5.92 Å². The highest BCUT2D eigenvalue weighted by Gasteiger charge is 2.36. The van der Waals surface area contributed by atoms with Crippen LogP contribution in [0.3, 0.4) is 0 Å². The van der Waals surface area contributed by atoms with Crippen LogP contribution >= 0.6 is 24.8 Å². The van der Waals surface area contributed by atoms with E-state index in [-0.39, 0.29) is 24.8 Å². The third-order valence-electron chi connectivity index (χ3n) is 4.70. The Morgan fingerprint density at radius 3 is 2.45 bits per heavy atom. The Morgan fingerprint density at radius 1 is 1.23 bits per heavy atom. The number of nitrogens with one attached hydrogen (secondary N) is 1. The van der Waals surface area contributed by atoms with Crippen molar-refractivity contribution < 1.29 is 9.84 Å². The number of aromatic hydroxyl groups is 1. The lowest BCUT2D eigenvalue weighted by atomic mass is 9.75. The highest BCUT2D eigenvalue weighted by atomic mass is 35.5. The van der Waals surface area contributed by atoms with Crippen LogP contribution in [0.4, 0.5) is 0 Å². The maximum absolute atomic E-state index is 10.4. The van der Waals surface area contributed by atoms with Gasteiger partial charge in [0.1, 0.15) is 11.5 Å². The fourth-order valence-electron chi connectivity index (χ4n) is 3.44. The summed E-state index contributed by atoms with van der Waals surface area (Å²) in [7, 11) is 1.69. The summed E-state index contributed by atoms with van der Waals surface area (Å²) in [5.41, 5.74) is 0.988. The van der Waals surface area contributed by atoms with E-state index in [1.165, 1.54) is 19.3 Å². The van der Waals surface area contributed by atoms with Gasteiger partial charge in [0.25, 0.3) is 0 Å². The summed E-state index contributed by atoms with van der Waals surface area (Å²) < 4.78 is 5.51. The minimum absolute atomic E-state index is 0. The topological polar surface area (TPSA) is 44.7 Å². The highest BCUT2D eigenvalue weighted by Crippen LogP contribution is 2.47. The zero-order valence-corrected chi connectivity index (χ0v) is 14.6. The summed E-state index contributed by atoms with van der Waals surface area (Å²) in [6.45, 7) is 4.13. The van der Waals surface area contributed by atoms with E-state index >= 15 is 0 Å². The molecule has 22 heavy (non-hydrogen) atoms. The summed E-state index contributed by atoms with van der Waals surface area (Å²) >= 11 is 0. The molecule has 0 spiro atoms. The number of ether oxygens (including phenoxy) is 1.